The third-order valence-corrected chi connectivity index (χ3v) is 5.66. The molecule has 1 spiro atoms. The number of rotatable bonds is 2. The molecule has 0 N–H and O–H groups in total. The predicted molar refractivity (Wildman–Crippen MR) is 119 cm³/mol. The van der Waals surface area contributed by atoms with Crippen molar-refractivity contribution in [3.63, 3.8) is 0 Å². The van der Waals surface area contributed by atoms with Crippen LogP contribution in [0.3, 0.4) is 0 Å². The molecule has 3 saturated heterocycles. The monoisotopic (exact) mass is 467 g/mol. The van der Waals surface area contributed by atoms with Crippen molar-refractivity contribution in [1.82, 2.24) is 4.90 Å². The van der Waals surface area contributed by atoms with Gasteiger partial charge in [-0.2, -0.15) is 0 Å². The van der Waals surface area contributed by atoms with Crippen molar-refractivity contribution in [2.45, 2.75) is 24.5 Å². The van der Waals surface area contributed by atoms with Gasteiger partial charge in [-0.3, -0.25) is 4.90 Å². The highest BCUT2D eigenvalue weighted by Gasteiger charge is 2.46. The Bertz CT molecular complexity index is 661. The zero-order valence-corrected chi connectivity index (χ0v) is 19.4. The average molecular weight is 468 g/mol. The molecule has 0 unspecified atom stereocenters. The summed E-state index contributed by atoms with van der Waals surface area (Å²) in [6, 6.07) is 10.4. The summed E-state index contributed by atoms with van der Waals surface area (Å²) in [5.41, 5.74) is 1.25. The van der Waals surface area contributed by atoms with Crippen molar-refractivity contribution >= 4 is 0 Å². The number of hydrogen-bond donors (Lipinski definition) is 0. The lowest BCUT2D eigenvalue weighted by Crippen LogP contribution is -2.63. The summed E-state index contributed by atoms with van der Waals surface area (Å²) in [5, 5.41) is 0. The minimum absolute atomic E-state index is 0.131. The van der Waals surface area contributed by atoms with Gasteiger partial charge in [0, 0.05) is 13.1 Å². The second-order valence-corrected chi connectivity index (χ2v) is 8.55. The maximum Gasteiger partial charge on any atom is 0.205 e. The molecule has 3 heterocycles. The fourth-order valence-corrected chi connectivity index (χ4v) is 4.27. The topological polar surface area (TPSA) is 77.1 Å². The van der Waals surface area contributed by atoms with Gasteiger partial charge >= 0.3 is 0 Å². The van der Waals surface area contributed by atoms with Gasteiger partial charge in [-0.1, -0.05) is 30.3 Å². The van der Waals surface area contributed by atoms with Crippen LogP contribution in [-0.4, -0.2) is 115 Å². The Balaban J connectivity index is 1.38. The summed E-state index contributed by atoms with van der Waals surface area (Å²) in [5.74, 6) is -0.835. The molecular weight excluding hydrogens is 430 g/mol. The van der Waals surface area contributed by atoms with Gasteiger partial charge in [-0.15, -0.1) is 0 Å². The van der Waals surface area contributed by atoms with Crippen LogP contribution in [0.1, 0.15) is 5.56 Å². The third kappa shape index (κ3) is 8.54. The molecule has 3 aliphatic heterocycles. The van der Waals surface area contributed by atoms with E-state index < -0.39 is 5.79 Å². The van der Waals surface area contributed by atoms with Gasteiger partial charge < -0.3 is 37.9 Å². The standard InChI is InChI=1S/C24H37NO8/c1-2-4-21(5-3-1)14-25-15-22-16-29-12-10-27-8-6-26-7-9-28-11-13-30-17-23-18-31-20-24(19-25,32-22)33-23/h1-5,22-23H,6-20H2/t22-,23-,24+/m1/s1. The Morgan fingerprint density at radius 1 is 0.667 bits per heavy atom. The average Bonchev–Trinajstić information content (AvgIpc) is 2.81. The van der Waals surface area contributed by atoms with E-state index in [1.165, 1.54) is 5.56 Å². The lowest BCUT2D eigenvalue weighted by atomic mass is 10.1. The van der Waals surface area contributed by atoms with Gasteiger partial charge in [-0.05, 0) is 5.56 Å². The highest BCUT2D eigenvalue weighted by molar-refractivity contribution is 5.14. The van der Waals surface area contributed by atoms with Crippen molar-refractivity contribution in [1.29, 1.82) is 0 Å². The first-order valence-corrected chi connectivity index (χ1v) is 11.9. The van der Waals surface area contributed by atoms with E-state index in [9.17, 15) is 0 Å². The van der Waals surface area contributed by atoms with Crippen molar-refractivity contribution < 1.29 is 37.9 Å². The normalized spacial score (nSPS) is 32.1. The molecule has 4 rings (SSSR count). The maximum atomic E-state index is 6.44. The van der Waals surface area contributed by atoms with Crippen LogP contribution in [0.15, 0.2) is 30.3 Å². The van der Waals surface area contributed by atoms with E-state index in [0.29, 0.717) is 85.8 Å². The first-order chi connectivity index (χ1) is 16.3. The molecule has 33 heavy (non-hydrogen) atoms. The quantitative estimate of drug-likeness (QED) is 0.635. The summed E-state index contributed by atoms with van der Waals surface area (Å²) in [6.07, 6.45) is -0.326. The van der Waals surface area contributed by atoms with Crippen LogP contribution in [0.25, 0.3) is 0 Å². The fourth-order valence-electron chi connectivity index (χ4n) is 4.27. The third-order valence-electron chi connectivity index (χ3n) is 5.66. The van der Waals surface area contributed by atoms with E-state index in [1.54, 1.807) is 0 Å². The highest BCUT2D eigenvalue weighted by Crippen LogP contribution is 2.30. The summed E-state index contributed by atoms with van der Waals surface area (Å²) >= 11 is 0. The summed E-state index contributed by atoms with van der Waals surface area (Å²) in [7, 11) is 0. The van der Waals surface area contributed by atoms with E-state index in [1.807, 2.05) is 6.07 Å². The summed E-state index contributed by atoms with van der Waals surface area (Å²) < 4.78 is 47.1. The van der Waals surface area contributed by atoms with Gasteiger partial charge in [0.25, 0.3) is 0 Å². The Hall–Kier alpha value is -1.14. The molecule has 1 aromatic rings. The van der Waals surface area contributed by atoms with Crippen LogP contribution < -0.4 is 0 Å². The zero-order valence-electron chi connectivity index (χ0n) is 19.4. The molecule has 3 aliphatic rings. The molecule has 3 bridgehead atoms. The fraction of sp³-hybridized carbons (Fsp3) is 0.750. The molecular formula is C24H37NO8. The Morgan fingerprint density at radius 3 is 1.88 bits per heavy atom. The zero-order chi connectivity index (χ0) is 22.6. The van der Waals surface area contributed by atoms with Crippen LogP contribution in [-0.2, 0) is 44.4 Å². The Kier molecular flexibility index (Phi) is 10.3. The van der Waals surface area contributed by atoms with Gasteiger partial charge in [0.1, 0.15) is 12.7 Å². The largest absolute Gasteiger partial charge is 0.377 e. The second-order valence-electron chi connectivity index (χ2n) is 8.55. The van der Waals surface area contributed by atoms with Gasteiger partial charge in [0.2, 0.25) is 5.79 Å². The van der Waals surface area contributed by atoms with Crippen LogP contribution >= 0.6 is 0 Å². The van der Waals surface area contributed by atoms with Crippen LogP contribution in [0.5, 0.6) is 0 Å². The molecule has 0 amide bonds. The van der Waals surface area contributed by atoms with Crippen molar-refractivity contribution in [2.24, 2.45) is 0 Å². The van der Waals surface area contributed by atoms with Crippen molar-refractivity contribution in [3.8, 4) is 0 Å². The molecule has 186 valence electrons. The number of fused-ring (bicyclic) bond motifs is 2. The summed E-state index contributed by atoms with van der Waals surface area (Å²) in [4.78, 5) is 2.35. The molecule has 0 radical (unpaired) electrons. The van der Waals surface area contributed by atoms with Gasteiger partial charge in [-0.25, -0.2) is 0 Å². The second kappa shape index (κ2) is 13.7. The molecule has 9 heteroatoms. The molecule has 0 aromatic heterocycles. The molecule has 3 atom stereocenters. The first kappa shape index (κ1) is 25.0. The molecule has 0 saturated carbocycles. The lowest BCUT2D eigenvalue weighted by molar-refractivity contribution is -0.359. The summed E-state index contributed by atoms with van der Waals surface area (Å²) in [6.45, 7) is 8.15. The highest BCUT2D eigenvalue weighted by atomic mass is 16.8. The molecule has 9 nitrogen and oxygen atoms in total. The van der Waals surface area contributed by atoms with Crippen molar-refractivity contribution in [3.05, 3.63) is 35.9 Å². The molecule has 3 fully saturated rings. The van der Waals surface area contributed by atoms with Gasteiger partial charge in [0.05, 0.1) is 85.3 Å². The van der Waals surface area contributed by atoms with Crippen molar-refractivity contribution in [2.75, 3.05) is 92.4 Å². The van der Waals surface area contributed by atoms with E-state index in [0.717, 1.165) is 13.1 Å². The van der Waals surface area contributed by atoms with E-state index in [4.69, 9.17) is 37.9 Å². The van der Waals surface area contributed by atoms with E-state index in [-0.39, 0.29) is 12.2 Å². The van der Waals surface area contributed by atoms with E-state index >= 15 is 0 Å². The SMILES string of the molecule is c1ccc(CN2C[C@@H]3COCCOCCOCCOCCOC[C@@H]4COC[C@](C2)(O4)O3)cc1. The van der Waals surface area contributed by atoms with Crippen LogP contribution in [0, 0.1) is 0 Å². The maximum absolute atomic E-state index is 6.44. The first-order valence-electron chi connectivity index (χ1n) is 11.9. The number of ether oxygens (including phenoxy) is 8. The number of nitrogens with zero attached hydrogens (tertiary/aromatic N) is 1. The molecule has 1 aromatic carbocycles. The number of morpholine rings is 1. The minimum atomic E-state index is -0.835. The van der Waals surface area contributed by atoms with Gasteiger partial charge in [0.15, 0.2) is 0 Å². The minimum Gasteiger partial charge on any atom is -0.377 e. The van der Waals surface area contributed by atoms with E-state index in [2.05, 4.69) is 29.2 Å². The Morgan fingerprint density at radius 2 is 1.21 bits per heavy atom. The molecule has 0 aliphatic carbocycles. The predicted octanol–water partition coefficient (Wildman–Crippen LogP) is 1.10. The number of hydrogen-bond acceptors (Lipinski definition) is 9. The van der Waals surface area contributed by atoms with Crippen LogP contribution in [0.2, 0.25) is 0 Å². The Labute approximate surface area is 196 Å². The lowest BCUT2D eigenvalue weighted by Gasteiger charge is -2.49. The number of benzene rings is 1. The smallest absolute Gasteiger partial charge is 0.205 e. The van der Waals surface area contributed by atoms with Crippen LogP contribution in [0.4, 0.5) is 0 Å².